The maximum absolute atomic E-state index is 14.9. The zero-order valence-electron chi connectivity index (χ0n) is 46.9. The van der Waals surface area contributed by atoms with E-state index in [1.807, 2.05) is 27.7 Å². The summed E-state index contributed by atoms with van der Waals surface area (Å²) in [5.74, 6) is -11.2. The molecule has 0 radical (unpaired) electrons. The van der Waals surface area contributed by atoms with Gasteiger partial charge in [0.25, 0.3) is 5.91 Å². The number of carbonyl (C=O) groups is 10. The van der Waals surface area contributed by atoms with E-state index in [-0.39, 0.29) is 62.8 Å². The Kier molecular flexibility index (Phi) is 23.4. The number of ether oxygens (including phenoxy) is 2. The summed E-state index contributed by atoms with van der Waals surface area (Å²) in [5.41, 5.74) is 0.462. The number of aliphatic hydroxyl groups excluding tert-OH is 2. The molecule has 3 aliphatic rings. The molecule has 13 atom stereocenters. The summed E-state index contributed by atoms with van der Waals surface area (Å²) in [5, 5.41) is 42.9. The number of phenolic OH excluding ortho intramolecular Hbond substituents is 1. The minimum absolute atomic E-state index is 0.0620. The molecule has 0 spiro atoms. The third kappa shape index (κ3) is 16.9. The summed E-state index contributed by atoms with van der Waals surface area (Å²) in [7, 11) is 1.39. The quantitative estimate of drug-likeness (QED) is 0.103. The maximum Gasteiger partial charge on any atom is 0.329 e. The van der Waals surface area contributed by atoms with Gasteiger partial charge in [-0.15, -0.1) is 0 Å². The molecule has 7 N–H and O–H groups in total. The van der Waals surface area contributed by atoms with Crippen LogP contribution in [0, 0.1) is 29.6 Å². The first-order valence-corrected chi connectivity index (χ1v) is 27.2. The number of aromatic hydroxyl groups is 1. The zero-order chi connectivity index (χ0) is 57.7. The van der Waals surface area contributed by atoms with Gasteiger partial charge >= 0.3 is 11.9 Å². The predicted octanol–water partition coefficient (Wildman–Crippen LogP) is 1.67. The summed E-state index contributed by atoms with van der Waals surface area (Å²) >= 11 is 0. The molecule has 22 nitrogen and oxygen atoms in total. The lowest BCUT2D eigenvalue weighted by Gasteiger charge is -2.36. The average Bonchev–Trinajstić information content (AvgIpc) is 4.07. The molecular formula is C55H85N7O15. The Morgan fingerprint density at radius 2 is 1.44 bits per heavy atom. The van der Waals surface area contributed by atoms with Crippen molar-refractivity contribution >= 4 is 59.1 Å². The number of cyclic esters (lactones) is 2. The number of nitrogens with zero attached hydrogens (tertiary/aromatic N) is 3. The molecule has 430 valence electrons. The molecular weight excluding hydrogens is 999 g/mol. The van der Waals surface area contributed by atoms with Crippen LogP contribution in [0.2, 0.25) is 0 Å². The predicted molar refractivity (Wildman–Crippen MR) is 281 cm³/mol. The van der Waals surface area contributed by atoms with Crippen molar-refractivity contribution in [1.29, 1.82) is 0 Å². The van der Waals surface area contributed by atoms with Crippen LogP contribution in [0.4, 0.5) is 0 Å². The second-order valence-corrected chi connectivity index (χ2v) is 22.4. The number of ketones is 1. The highest BCUT2D eigenvalue weighted by Gasteiger charge is 2.45. The van der Waals surface area contributed by atoms with Crippen LogP contribution in [0.15, 0.2) is 24.3 Å². The van der Waals surface area contributed by atoms with Crippen molar-refractivity contribution in [2.75, 3.05) is 20.1 Å². The minimum Gasteiger partial charge on any atom is -0.508 e. The molecule has 3 aliphatic heterocycles. The third-order valence-electron chi connectivity index (χ3n) is 14.8. The fourth-order valence-electron chi connectivity index (χ4n) is 10.1. The number of phenols is 1. The molecule has 3 heterocycles. The number of fused-ring (bicyclic) bond motifs is 1. The van der Waals surface area contributed by atoms with E-state index >= 15 is 0 Å². The molecule has 1 aromatic rings. The summed E-state index contributed by atoms with van der Waals surface area (Å²) in [6.45, 7) is 18.2. The molecule has 0 unspecified atom stereocenters. The Morgan fingerprint density at radius 1 is 0.818 bits per heavy atom. The molecule has 0 aromatic heterocycles. The van der Waals surface area contributed by atoms with E-state index in [0.717, 1.165) is 0 Å². The van der Waals surface area contributed by atoms with Gasteiger partial charge in [0.15, 0.2) is 11.9 Å². The summed E-state index contributed by atoms with van der Waals surface area (Å²) in [6, 6.07) is -3.30. The first kappa shape index (κ1) is 63.4. The van der Waals surface area contributed by atoms with Crippen molar-refractivity contribution in [3.63, 3.8) is 0 Å². The fourth-order valence-corrected chi connectivity index (χ4v) is 10.1. The van der Waals surface area contributed by atoms with Gasteiger partial charge in [-0.25, -0.2) is 4.79 Å². The van der Waals surface area contributed by atoms with E-state index < -0.39 is 150 Å². The second kappa shape index (κ2) is 28.5. The van der Waals surface area contributed by atoms with Crippen LogP contribution in [0.3, 0.4) is 0 Å². The zero-order valence-corrected chi connectivity index (χ0v) is 46.9. The van der Waals surface area contributed by atoms with E-state index in [9.17, 15) is 63.3 Å². The van der Waals surface area contributed by atoms with Gasteiger partial charge in [-0.3, -0.25) is 43.2 Å². The van der Waals surface area contributed by atoms with Crippen LogP contribution >= 0.6 is 0 Å². The second-order valence-electron chi connectivity index (χ2n) is 22.4. The number of rotatable bonds is 14. The summed E-state index contributed by atoms with van der Waals surface area (Å²) in [6.07, 6.45) is -5.22. The van der Waals surface area contributed by atoms with Gasteiger partial charge in [0.1, 0.15) is 54.2 Å². The van der Waals surface area contributed by atoms with E-state index in [0.29, 0.717) is 24.8 Å². The van der Waals surface area contributed by atoms with Crippen molar-refractivity contribution in [2.24, 2.45) is 29.6 Å². The van der Waals surface area contributed by atoms with Crippen LogP contribution in [0.1, 0.15) is 133 Å². The number of likely N-dealkylation sites (N-methyl/N-ethyl adjacent to an activating group) is 1. The van der Waals surface area contributed by atoms with Gasteiger partial charge in [-0.1, -0.05) is 73.9 Å². The molecule has 3 saturated heterocycles. The van der Waals surface area contributed by atoms with Gasteiger partial charge in [0.05, 0.1) is 24.5 Å². The monoisotopic (exact) mass is 1080 g/mol. The lowest BCUT2D eigenvalue weighted by molar-refractivity contribution is -0.162. The molecule has 22 heteroatoms. The number of hydrogen-bond donors (Lipinski definition) is 7. The van der Waals surface area contributed by atoms with Gasteiger partial charge in [0.2, 0.25) is 35.4 Å². The Hall–Kier alpha value is -6.16. The van der Waals surface area contributed by atoms with Gasteiger partial charge in [-0.2, -0.15) is 0 Å². The Balaban J connectivity index is 1.85. The van der Waals surface area contributed by atoms with Gasteiger partial charge in [-0.05, 0) is 101 Å². The van der Waals surface area contributed by atoms with Crippen molar-refractivity contribution in [1.82, 2.24) is 36.0 Å². The van der Waals surface area contributed by atoms with E-state index in [1.165, 1.54) is 66.8 Å². The summed E-state index contributed by atoms with van der Waals surface area (Å²) in [4.78, 5) is 146. The number of nitrogens with one attached hydrogen (secondary N) is 4. The highest BCUT2D eigenvalue weighted by atomic mass is 16.6. The molecule has 1 aromatic carbocycles. The average molecular weight is 1080 g/mol. The first-order chi connectivity index (χ1) is 36.1. The number of esters is 2. The normalized spacial score (nSPS) is 28.0. The standard InChI is InChI=1S/C55H85N7O15/c1-13-31(8)44-42(65)27-43(66)77-47(30(6)7)46(67)32(9)48(68)56-37(24-28(2)3)53(73)61-22-14-16-39(61)49(69)57-38(26-35-18-20-36(64)21-19-35)55(75)76-34(11)45(51(71)58-44)59-50(70)41(25-29(4)5)60(12)54(74)40-17-15-23-62(40)52(72)33(10)63/h18-21,28-34,37-42,44-45,47,63-65H,13-17,22-27H2,1-12H3,(H,56,68)(H,57,69)(H,58,71)(H,59,70)/t31-,32-,33-,34+,37-,38-,39-,40-,41+,42-,44-,45-,47-/m0/s1. The number of benzene rings is 1. The number of hydrogen-bond acceptors (Lipinski definition) is 15. The van der Waals surface area contributed by atoms with Crippen molar-refractivity contribution in [2.45, 2.75) is 201 Å². The van der Waals surface area contributed by atoms with Gasteiger partial charge in [0, 0.05) is 26.6 Å². The molecule has 0 saturated carbocycles. The lowest BCUT2D eigenvalue weighted by Crippen LogP contribution is -2.62. The van der Waals surface area contributed by atoms with Crippen LogP contribution in [0.25, 0.3) is 0 Å². The number of amides is 7. The van der Waals surface area contributed by atoms with Crippen LogP contribution in [0.5, 0.6) is 5.75 Å². The van der Waals surface area contributed by atoms with Crippen molar-refractivity contribution < 1.29 is 72.7 Å². The van der Waals surface area contributed by atoms with E-state index in [4.69, 9.17) is 9.47 Å². The Morgan fingerprint density at radius 3 is 2.03 bits per heavy atom. The van der Waals surface area contributed by atoms with Crippen LogP contribution in [-0.4, -0.2) is 176 Å². The highest BCUT2D eigenvalue weighted by molar-refractivity contribution is 6.05. The number of likely N-dealkylation sites (tertiary alicyclic amines) is 1. The number of carbonyl (C=O) groups excluding carboxylic acids is 10. The number of Topliss-reactive ketones (excluding diaryl/α,β-unsaturated/α-hetero) is 1. The van der Waals surface area contributed by atoms with Crippen LogP contribution < -0.4 is 21.3 Å². The Labute approximate surface area is 452 Å². The van der Waals surface area contributed by atoms with Crippen LogP contribution in [-0.2, 0) is 63.8 Å². The first-order valence-electron chi connectivity index (χ1n) is 27.2. The smallest absolute Gasteiger partial charge is 0.329 e. The SMILES string of the molecule is CC[C@H](C)[C@@H]1NC(=O)[C@@H](NC(=O)[C@@H](CC(C)C)N(C)C(=O)[C@@H]2CCCN2C(=O)[C@H](C)O)[C@@H](C)OC(=O)[C@H](Cc2ccc(O)cc2)NC(=O)[C@@H]2CCCN2C(=O)[C@H](CC(C)C)NC(=O)[C@@H](C)C(=O)[C@H](C(C)C)OC(=O)C[C@@H]1O. The minimum atomic E-state index is -1.78. The highest BCUT2D eigenvalue weighted by Crippen LogP contribution is 2.26. The van der Waals surface area contributed by atoms with Gasteiger partial charge < -0.3 is 60.8 Å². The van der Waals surface area contributed by atoms with E-state index in [1.54, 1.807) is 27.7 Å². The summed E-state index contributed by atoms with van der Waals surface area (Å²) < 4.78 is 11.7. The van der Waals surface area contributed by atoms with E-state index in [2.05, 4.69) is 21.3 Å². The molecule has 7 amide bonds. The molecule has 0 aliphatic carbocycles. The molecule has 0 bridgehead atoms. The maximum atomic E-state index is 14.9. The third-order valence-corrected chi connectivity index (χ3v) is 14.8. The Bertz CT molecular complexity index is 2270. The fraction of sp³-hybridized carbons (Fsp3) is 0.709. The van der Waals surface area contributed by atoms with Crippen molar-refractivity contribution in [3.8, 4) is 5.75 Å². The molecule has 3 fully saturated rings. The van der Waals surface area contributed by atoms with Crippen molar-refractivity contribution in [3.05, 3.63) is 29.8 Å². The topological polar surface area (TPSA) is 308 Å². The number of aliphatic hydroxyl groups is 2. The largest absolute Gasteiger partial charge is 0.508 e. The molecule has 4 rings (SSSR count). The molecule has 77 heavy (non-hydrogen) atoms. The lowest BCUT2D eigenvalue weighted by atomic mass is 9.91.